The Kier molecular flexibility index (Phi) is 4.71. The van der Waals surface area contributed by atoms with E-state index in [2.05, 4.69) is 33.2 Å². The number of rotatable bonds is 3. The second-order valence-corrected chi connectivity index (χ2v) is 7.29. The molecule has 8 heteroatoms. The molecule has 1 fully saturated rings. The molecule has 3 heterocycles. The predicted octanol–water partition coefficient (Wildman–Crippen LogP) is 2.57. The van der Waals surface area contributed by atoms with Gasteiger partial charge >= 0.3 is 0 Å². The van der Waals surface area contributed by atoms with Gasteiger partial charge in [-0.3, -0.25) is 4.79 Å². The van der Waals surface area contributed by atoms with Crippen LogP contribution in [0.5, 0.6) is 0 Å². The summed E-state index contributed by atoms with van der Waals surface area (Å²) in [4.78, 5) is 27.2. The number of amides is 1. The van der Waals surface area contributed by atoms with E-state index in [1.54, 1.807) is 35.8 Å². The highest BCUT2D eigenvalue weighted by molar-refractivity contribution is 7.17. The summed E-state index contributed by atoms with van der Waals surface area (Å²) >= 11 is 1.39. The fourth-order valence-corrected chi connectivity index (χ4v) is 3.86. The maximum Gasteiger partial charge on any atom is 0.258 e. The van der Waals surface area contributed by atoms with Crippen molar-refractivity contribution < 1.29 is 4.79 Å². The third kappa shape index (κ3) is 3.47. The number of nitrogens with one attached hydrogen (secondary N) is 1. The van der Waals surface area contributed by atoms with E-state index in [0.717, 1.165) is 36.8 Å². The lowest BCUT2D eigenvalue weighted by atomic mass is 10.2. The summed E-state index contributed by atoms with van der Waals surface area (Å²) in [5.74, 6) is 0.509. The van der Waals surface area contributed by atoms with Gasteiger partial charge in [0.25, 0.3) is 5.91 Å². The molecule has 1 amide bonds. The van der Waals surface area contributed by atoms with Crippen LogP contribution in [0.25, 0.3) is 10.3 Å². The second-order valence-electron chi connectivity index (χ2n) is 6.43. The highest BCUT2D eigenvalue weighted by Crippen LogP contribution is 2.26. The third-order valence-electron chi connectivity index (χ3n) is 4.64. The number of hydrogen-bond acceptors (Lipinski definition) is 7. The minimum atomic E-state index is -0.284. The summed E-state index contributed by atoms with van der Waals surface area (Å²) in [6.07, 6.45) is 1.77. The van der Waals surface area contributed by atoms with Crippen molar-refractivity contribution in [3.8, 4) is 6.07 Å². The van der Waals surface area contributed by atoms with E-state index in [-0.39, 0.29) is 5.91 Å². The normalized spacial score (nSPS) is 14.9. The van der Waals surface area contributed by atoms with E-state index in [9.17, 15) is 10.1 Å². The smallest absolute Gasteiger partial charge is 0.258 e. The number of nitriles is 1. The van der Waals surface area contributed by atoms with E-state index >= 15 is 0 Å². The zero-order chi connectivity index (χ0) is 18.8. The lowest BCUT2D eigenvalue weighted by Crippen LogP contribution is -2.44. The van der Waals surface area contributed by atoms with Gasteiger partial charge in [0.15, 0.2) is 0 Å². The SMILES string of the molecule is CN1CCN(c2cnc3scc(C(=O)Nc4ccccc4C#N)c3n2)CC1. The van der Waals surface area contributed by atoms with Gasteiger partial charge in [0, 0.05) is 31.6 Å². The minimum Gasteiger partial charge on any atom is -0.353 e. The molecular formula is C19H18N6OS. The largest absolute Gasteiger partial charge is 0.353 e. The average Bonchev–Trinajstić information content (AvgIpc) is 3.12. The molecule has 0 radical (unpaired) electrons. The number of carbonyl (C=O) groups excluding carboxylic acids is 1. The number of fused-ring (bicyclic) bond motifs is 1. The van der Waals surface area contributed by atoms with Crippen molar-refractivity contribution in [2.45, 2.75) is 0 Å². The van der Waals surface area contributed by atoms with Crippen LogP contribution in [0.2, 0.25) is 0 Å². The van der Waals surface area contributed by atoms with Crippen molar-refractivity contribution in [3.05, 3.63) is 47.0 Å². The summed E-state index contributed by atoms with van der Waals surface area (Å²) in [5.41, 5.74) is 2.00. The van der Waals surface area contributed by atoms with Crippen LogP contribution in [0, 0.1) is 11.3 Å². The quantitative estimate of drug-likeness (QED) is 0.754. The molecule has 2 aromatic heterocycles. The first-order valence-corrected chi connectivity index (χ1v) is 9.52. The molecule has 0 bridgehead atoms. The Hall–Kier alpha value is -3.02. The van der Waals surface area contributed by atoms with E-state index in [1.807, 2.05) is 0 Å². The molecule has 7 nitrogen and oxygen atoms in total. The number of thiophene rings is 1. The number of hydrogen-bond donors (Lipinski definition) is 1. The summed E-state index contributed by atoms with van der Waals surface area (Å²) in [5, 5.41) is 13.8. The van der Waals surface area contributed by atoms with Crippen molar-refractivity contribution in [3.63, 3.8) is 0 Å². The van der Waals surface area contributed by atoms with E-state index in [4.69, 9.17) is 4.98 Å². The van der Waals surface area contributed by atoms with Crippen LogP contribution >= 0.6 is 11.3 Å². The van der Waals surface area contributed by atoms with Crippen molar-refractivity contribution in [2.24, 2.45) is 0 Å². The Balaban J connectivity index is 1.63. The topological polar surface area (TPSA) is 85.1 Å². The highest BCUT2D eigenvalue weighted by Gasteiger charge is 2.20. The van der Waals surface area contributed by atoms with Gasteiger partial charge in [0.05, 0.1) is 23.0 Å². The molecular weight excluding hydrogens is 360 g/mol. The molecule has 136 valence electrons. The van der Waals surface area contributed by atoms with Gasteiger partial charge in [0.1, 0.15) is 22.2 Å². The highest BCUT2D eigenvalue weighted by atomic mass is 32.1. The maximum absolute atomic E-state index is 12.8. The zero-order valence-corrected chi connectivity index (χ0v) is 15.7. The molecule has 1 aliphatic rings. The first kappa shape index (κ1) is 17.4. The first-order valence-electron chi connectivity index (χ1n) is 8.64. The number of anilines is 2. The Labute approximate surface area is 160 Å². The fraction of sp³-hybridized carbons (Fsp3) is 0.263. The van der Waals surface area contributed by atoms with Crippen molar-refractivity contribution >= 4 is 39.1 Å². The van der Waals surface area contributed by atoms with Crippen LogP contribution in [-0.2, 0) is 0 Å². The van der Waals surface area contributed by atoms with Crippen LogP contribution in [-0.4, -0.2) is 54.0 Å². The predicted molar refractivity (Wildman–Crippen MR) is 106 cm³/mol. The van der Waals surface area contributed by atoms with Gasteiger partial charge in [-0.05, 0) is 19.2 Å². The van der Waals surface area contributed by atoms with Gasteiger partial charge in [0.2, 0.25) is 0 Å². The molecule has 1 saturated heterocycles. The van der Waals surface area contributed by atoms with Crippen LogP contribution in [0.15, 0.2) is 35.8 Å². The van der Waals surface area contributed by atoms with Gasteiger partial charge in [-0.15, -0.1) is 11.3 Å². The second kappa shape index (κ2) is 7.31. The van der Waals surface area contributed by atoms with Crippen molar-refractivity contribution in [1.82, 2.24) is 14.9 Å². The van der Waals surface area contributed by atoms with E-state index < -0.39 is 0 Å². The molecule has 0 saturated carbocycles. The number of aromatic nitrogens is 2. The minimum absolute atomic E-state index is 0.284. The maximum atomic E-state index is 12.8. The molecule has 4 rings (SSSR count). The lowest BCUT2D eigenvalue weighted by Gasteiger charge is -2.32. The standard InChI is InChI=1S/C19H18N6OS/c1-24-6-8-25(9-7-24)16-11-21-19-17(23-16)14(12-27-19)18(26)22-15-5-3-2-4-13(15)10-20/h2-5,11-12H,6-9H2,1H3,(H,22,26). The van der Waals surface area contributed by atoms with E-state index in [1.165, 1.54) is 11.3 Å². The molecule has 1 aliphatic heterocycles. The van der Waals surface area contributed by atoms with Crippen LogP contribution in [0.4, 0.5) is 11.5 Å². The van der Waals surface area contributed by atoms with Crippen LogP contribution in [0.1, 0.15) is 15.9 Å². The number of para-hydroxylation sites is 1. The van der Waals surface area contributed by atoms with Gasteiger partial charge in [-0.25, -0.2) is 9.97 Å². The summed E-state index contributed by atoms with van der Waals surface area (Å²) in [7, 11) is 2.10. The molecule has 1 N–H and O–H groups in total. The number of benzene rings is 1. The Bertz CT molecular complexity index is 1030. The third-order valence-corrected chi connectivity index (χ3v) is 5.51. The molecule has 0 aliphatic carbocycles. The fourth-order valence-electron chi connectivity index (χ4n) is 3.03. The Morgan fingerprint density at radius 1 is 1.26 bits per heavy atom. The molecule has 0 atom stereocenters. The number of nitrogens with zero attached hydrogens (tertiary/aromatic N) is 5. The number of piperazine rings is 1. The van der Waals surface area contributed by atoms with Crippen LogP contribution in [0.3, 0.4) is 0 Å². The summed E-state index contributed by atoms with van der Waals surface area (Å²) < 4.78 is 0. The summed E-state index contributed by atoms with van der Waals surface area (Å²) in [6.45, 7) is 3.72. The monoisotopic (exact) mass is 378 g/mol. The molecule has 1 aromatic carbocycles. The molecule has 3 aromatic rings. The Morgan fingerprint density at radius 3 is 2.81 bits per heavy atom. The summed E-state index contributed by atoms with van der Waals surface area (Å²) in [6, 6.07) is 9.03. The first-order chi connectivity index (χ1) is 13.2. The van der Waals surface area contributed by atoms with E-state index in [0.29, 0.717) is 22.3 Å². The average molecular weight is 378 g/mol. The van der Waals surface area contributed by atoms with Crippen molar-refractivity contribution in [1.29, 1.82) is 5.26 Å². The molecule has 27 heavy (non-hydrogen) atoms. The van der Waals surface area contributed by atoms with Crippen molar-refractivity contribution in [2.75, 3.05) is 43.4 Å². The number of carbonyl (C=O) groups is 1. The Morgan fingerprint density at radius 2 is 2.04 bits per heavy atom. The zero-order valence-electron chi connectivity index (χ0n) is 14.8. The van der Waals surface area contributed by atoms with Gasteiger partial charge < -0.3 is 15.1 Å². The molecule has 0 spiro atoms. The number of likely N-dealkylation sites (N-methyl/N-ethyl adjacent to an activating group) is 1. The van der Waals surface area contributed by atoms with Gasteiger partial charge in [-0.1, -0.05) is 12.1 Å². The van der Waals surface area contributed by atoms with Crippen LogP contribution < -0.4 is 10.2 Å². The molecule has 0 unspecified atom stereocenters. The lowest BCUT2D eigenvalue weighted by molar-refractivity contribution is 0.102. The van der Waals surface area contributed by atoms with Gasteiger partial charge in [-0.2, -0.15) is 5.26 Å².